The molecule has 17 heavy (non-hydrogen) atoms. The van der Waals surface area contributed by atoms with Crippen LogP contribution in [0.2, 0.25) is 5.02 Å². The lowest BCUT2D eigenvalue weighted by Gasteiger charge is -2.08. The number of anilines is 1. The van der Waals surface area contributed by atoms with Crippen molar-refractivity contribution in [1.29, 1.82) is 0 Å². The second-order valence-electron chi connectivity index (χ2n) is 3.45. The lowest BCUT2D eigenvalue weighted by Crippen LogP contribution is -1.98. The van der Waals surface area contributed by atoms with Crippen molar-refractivity contribution >= 4 is 33.3 Å². The minimum absolute atomic E-state index is 0.406. The number of nitrogen functional groups attached to an aromatic ring is 1. The van der Waals surface area contributed by atoms with Crippen LogP contribution < -0.4 is 10.5 Å². The number of nitrogens with two attached hydrogens (primary N) is 1. The first-order valence-electron chi connectivity index (χ1n) is 4.93. The Labute approximate surface area is 113 Å². The van der Waals surface area contributed by atoms with Crippen molar-refractivity contribution in [2.75, 3.05) is 5.73 Å². The van der Waals surface area contributed by atoms with Gasteiger partial charge in [0.1, 0.15) is 18.2 Å². The second kappa shape index (κ2) is 5.38. The number of hydrogen-bond donors (Lipinski definition) is 1. The van der Waals surface area contributed by atoms with Crippen LogP contribution in [-0.2, 0) is 6.61 Å². The number of benzene rings is 1. The van der Waals surface area contributed by atoms with Crippen LogP contribution in [0.5, 0.6) is 5.75 Å². The highest BCUT2D eigenvalue weighted by Crippen LogP contribution is 2.28. The van der Waals surface area contributed by atoms with Gasteiger partial charge in [-0.05, 0) is 24.3 Å². The molecular formula is C12H10BrClN2O. The normalized spacial score (nSPS) is 10.2. The highest BCUT2D eigenvalue weighted by molar-refractivity contribution is 9.10. The fraction of sp³-hybridized carbons (Fsp3) is 0.0833. The van der Waals surface area contributed by atoms with Crippen LogP contribution in [0.25, 0.3) is 0 Å². The van der Waals surface area contributed by atoms with Crippen molar-refractivity contribution in [3.05, 3.63) is 51.6 Å². The fourth-order valence-corrected chi connectivity index (χ4v) is 1.78. The van der Waals surface area contributed by atoms with Crippen molar-refractivity contribution in [1.82, 2.24) is 4.98 Å². The maximum Gasteiger partial charge on any atom is 0.139 e. The maximum absolute atomic E-state index is 6.01. The molecule has 0 bridgehead atoms. The van der Waals surface area contributed by atoms with Crippen molar-refractivity contribution in [3.63, 3.8) is 0 Å². The molecule has 1 aromatic heterocycles. The number of halogens is 2. The first-order chi connectivity index (χ1) is 8.15. The Morgan fingerprint density at radius 2 is 2.12 bits per heavy atom. The minimum atomic E-state index is 0.406. The number of pyridine rings is 1. The average Bonchev–Trinajstić information content (AvgIpc) is 2.32. The fourth-order valence-electron chi connectivity index (χ4n) is 1.27. The lowest BCUT2D eigenvalue weighted by atomic mass is 10.3. The predicted molar refractivity (Wildman–Crippen MR) is 72.1 cm³/mol. The summed E-state index contributed by atoms with van der Waals surface area (Å²) in [7, 11) is 0. The molecule has 0 saturated heterocycles. The Hall–Kier alpha value is -1.26. The first-order valence-corrected chi connectivity index (χ1v) is 6.10. The third-order valence-corrected chi connectivity index (χ3v) is 2.94. The highest BCUT2D eigenvalue weighted by atomic mass is 79.9. The summed E-state index contributed by atoms with van der Waals surface area (Å²) in [6.45, 7) is 0.406. The molecule has 3 nitrogen and oxygen atoms in total. The average molecular weight is 314 g/mol. The Morgan fingerprint density at radius 1 is 1.29 bits per heavy atom. The molecule has 1 heterocycles. The first kappa shape index (κ1) is 12.2. The summed E-state index contributed by atoms with van der Waals surface area (Å²) < 4.78 is 6.52. The van der Waals surface area contributed by atoms with Gasteiger partial charge in [-0.2, -0.15) is 0 Å². The molecule has 0 amide bonds. The van der Waals surface area contributed by atoms with Crippen molar-refractivity contribution < 1.29 is 4.74 Å². The van der Waals surface area contributed by atoms with Gasteiger partial charge in [0.25, 0.3) is 0 Å². The van der Waals surface area contributed by atoms with Gasteiger partial charge in [0, 0.05) is 16.2 Å². The molecule has 88 valence electrons. The number of rotatable bonds is 3. The van der Waals surface area contributed by atoms with Gasteiger partial charge in [-0.1, -0.05) is 33.6 Å². The molecular weight excluding hydrogens is 304 g/mol. The number of aromatic nitrogens is 1. The van der Waals surface area contributed by atoms with E-state index in [-0.39, 0.29) is 0 Å². The van der Waals surface area contributed by atoms with Gasteiger partial charge >= 0.3 is 0 Å². The van der Waals surface area contributed by atoms with Crippen LogP contribution >= 0.6 is 27.5 Å². The lowest BCUT2D eigenvalue weighted by molar-refractivity contribution is 0.306. The summed E-state index contributed by atoms with van der Waals surface area (Å²) in [5.74, 6) is 1.13. The van der Waals surface area contributed by atoms with E-state index in [0.717, 1.165) is 10.0 Å². The topological polar surface area (TPSA) is 48.1 Å². The largest absolute Gasteiger partial charge is 0.487 e. The van der Waals surface area contributed by atoms with E-state index in [1.807, 2.05) is 18.2 Å². The van der Waals surface area contributed by atoms with Crippen molar-refractivity contribution in [3.8, 4) is 5.75 Å². The molecule has 2 rings (SSSR count). The van der Waals surface area contributed by atoms with E-state index in [1.54, 1.807) is 18.3 Å². The number of nitrogens with zero attached hydrogens (tertiary/aromatic N) is 1. The summed E-state index contributed by atoms with van der Waals surface area (Å²) in [5.41, 5.74) is 6.44. The van der Waals surface area contributed by atoms with Crippen LogP contribution in [0.3, 0.4) is 0 Å². The monoisotopic (exact) mass is 312 g/mol. The second-order valence-corrected chi connectivity index (χ2v) is 4.78. The van der Waals surface area contributed by atoms with Gasteiger partial charge in [0.05, 0.1) is 5.02 Å². The molecule has 2 N–H and O–H groups in total. The van der Waals surface area contributed by atoms with Gasteiger partial charge in [-0.15, -0.1) is 0 Å². The van der Waals surface area contributed by atoms with E-state index in [2.05, 4.69) is 20.9 Å². The summed E-state index contributed by atoms with van der Waals surface area (Å²) in [6.07, 6.45) is 1.68. The van der Waals surface area contributed by atoms with Crippen LogP contribution in [-0.4, -0.2) is 4.98 Å². The number of ether oxygens (including phenoxy) is 1. The van der Waals surface area contributed by atoms with E-state index < -0.39 is 0 Å². The molecule has 0 aliphatic carbocycles. The highest BCUT2D eigenvalue weighted by Gasteiger charge is 2.03. The van der Waals surface area contributed by atoms with Crippen LogP contribution in [0.15, 0.2) is 41.0 Å². The van der Waals surface area contributed by atoms with Gasteiger partial charge in [0.2, 0.25) is 0 Å². The summed E-state index contributed by atoms with van der Waals surface area (Å²) >= 11 is 9.37. The molecule has 2 aromatic rings. The predicted octanol–water partition coefficient (Wildman–Crippen LogP) is 3.66. The summed E-state index contributed by atoms with van der Waals surface area (Å²) in [6, 6.07) is 9.07. The molecule has 0 aliphatic heterocycles. The quantitative estimate of drug-likeness (QED) is 0.940. The van der Waals surface area contributed by atoms with Crippen molar-refractivity contribution in [2.45, 2.75) is 6.61 Å². The Morgan fingerprint density at radius 3 is 2.82 bits per heavy atom. The van der Waals surface area contributed by atoms with Crippen LogP contribution in [0, 0.1) is 0 Å². The summed E-state index contributed by atoms with van der Waals surface area (Å²) in [5, 5.41) is 0.580. The zero-order valence-electron chi connectivity index (χ0n) is 8.86. The molecule has 0 aliphatic rings. The van der Waals surface area contributed by atoms with Gasteiger partial charge in [-0.25, -0.2) is 4.98 Å². The maximum atomic E-state index is 6.01. The SMILES string of the molecule is Nc1ccc(COc2cc(Br)ccc2Cl)cn1. The van der Waals surface area contributed by atoms with Crippen LogP contribution in [0.4, 0.5) is 5.82 Å². The molecule has 0 radical (unpaired) electrons. The Kier molecular flexibility index (Phi) is 3.86. The third-order valence-electron chi connectivity index (χ3n) is 2.14. The molecule has 0 atom stereocenters. The molecule has 5 heteroatoms. The van der Waals surface area contributed by atoms with E-state index in [1.165, 1.54) is 0 Å². The standard InChI is InChI=1S/C12H10BrClN2O/c13-9-2-3-10(14)11(5-9)17-7-8-1-4-12(15)16-6-8/h1-6H,7H2,(H2,15,16). The Bertz CT molecular complexity index is 516. The molecule has 0 saturated carbocycles. The van der Waals surface area contributed by atoms with Crippen LogP contribution in [0.1, 0.15) is 5.56 Å². The van der Waals surface area contributed by atoms with Gasteiger partial charge in [-0.3, -0.25) is 0 Å². The number of hydrogen-bond acceptors (Lipinski definition) is 3. The van der Waals surface area contributed by atoms with Crippen molar-refractivity contribution in [2.24, 2.45) is 0 Å². The Balaban J connectivity index is 2.07. The smallest absolute Gasteiger partial charge is 0.139 e. The third kappa shape index (κ3) is 3.35. The van der Waals surface area contributed by atoms with E-state index >= 15 is 0 Å². The minimum Gasteiger partial charge on any atom is -0.487 e. The van der Waals surface area contributed by atoms with Gasteiger partial charge < -0.3 is 10.5 Å². The molecule has 0 unspecified atom stereocenters. The summed E-state index contributed by atoms with van der Waals surface area (Å²) in [4.78, 5) is 3.99. The molecule has 0 fully saturated rings. The van der Waals surface area contributed by atoms with E-state index in [4.69, 9.17) is 22.1 Å². The molecule has 1 aromatic carbocycles. The van der Waals surface area contributed by atoms with Gasteiger partial charge in [0.15, 0.2) is 0 Å². The molecule has 0 spiro atoms. The van der Waals surface area contributed by atoms with E-state index in [9.17, 15) is 0 Å². The zero-order valence-corrected chi connectivity index (χ0v) is 11.2. The van der Waals surface area contributed by atoms with E-state index in [0.29, 0.717) is 23.2 Å². The zero-order chi connectivity index (χ0) is 12.3.